The van der Waals surface area contributed by atoms with E-state index in [4.69, 9.17) is 5.11 Å². The van der Waals surface area contributed by atoms with E-state index in [2.05, 4.69) is 13.8 Å². The predicted molar refractivity (Wildman–Crippen MR) is 35.4 cm³/mol. The van der Waals surface area contributed by atoms with Crippen molar-refractivity contribution in [3.63, 3.8) is 0 Å². The van der Waals surface area contributed by atoms with E-state index >= 15 is 0 Å². The summed E-state index contributed by atoms with van der Waals surface area (Å²) in [5, 5.41) is 8.97. The van der Waals surface area contributed by atoms with Crippen LogP contribution in [0.5, 0.6) is 0 Å². The largest absolute Gasteiger partial charge is 0.393 e. The Balaban J connectivity index is 3.10. The maximum absolute atomic E-state index is 8.97. The molecule has 1 N–H and O–H groups in total. The zero-order valence-corrected chi connectivity index (χ0v) is 5.89. The molecule has 0 saturated carbocycles. The van der Waals surface area contributed by atoms with Gasteiger partial charge < -0.3 is 5.11 Å². The van der Waals surface area contributed by atoms with E-state index in [0.29, 0.717) is 5.92 Å². The van der Waals surface area contributed by atoms with Crippen LogP contribution in [0.25, 0.3) is 0 Å². The lowest BCUT2D eigenvalue weighted by Gasteiger charge is -2.08. The van der Waals surface area contributed by atoms with Gasteiger partial charge >= 0.3 is 0 Å². The SMILES string of the molecule is C[CH]C(O)CC(C)C. The smallest absolute Gasteiger partial charge is 0.0571 e. The first kappa shape index (κ1) is 7.96. The van der Waals surface area contributed by atoms with Crippen LogP contribution < -0.4 is 0 Å². The van der Waals surface area contributed by atoms with Gasteiger partial charge in [0.15, 0.2) is 0 Å². The molecular formula is C7H15O. The van der Waals surface area contributed by atoms with Crippen molar-refractivity contribution in [1.82, 2.24) is 0 Å². The van der Waals surface area contributed by atoms with E-state index in [1.54, 1.807) is 0 Å². The first-order valence-electron chi connectivity index (χ1n) is 3.14. The van der Waals surface area contributed by atoms with Gasteiger partial charge in [-0.3, -0.25) is 0 Å². The third-order valence-corrected chi connectivity index (χ3v) is 1.10. The highest BCUT2D eigenvalue weighted by molar-refractivity contribution is 4.69. The van der Waals surface area contributed by atoms with Gasteiger partial charge in [-0.15, -0.1) is 0 Å². The van der Waals surface area contributed by atoms with Crippen molar-refractivity contribution in [3.05, 3.63) is 6.42 Å². The van der Waals surface area contributed by atoms with Gasteiger partial charge in [-0.25, -0.2) is 0 Å². The maximum Gasteiger partial charge on any atom is 0.0571 e. The Kier molecular flexibility index (Phi) is 3.88. The molecule has 1 atom stereocenters. The molecule has 49 valence electrons. The van der Waals surface area contributed by atoms with E-state index in [0.717, 1.165) is 6.42 Å². The molecule has 0 aliphatic rings. The van der Waals surface area contributed by atoms with Crippen molar-refractivity contribution >= 4 is 0 Å². The first-order valence-corrected chi connectivity index (χ1v) is 3.14. The van der Waals surface area contributed by atoms with Gasteiger partial charge in [-0.2, -0.15) is 0 Å². The molecule has 0 spiro atoms. The molecule has 1 radical (unpaired) electrons. The standard InChI is InChI=1S/C7H15O/c1-4-7(8)5-6(2)3/h4,6-8H,5H2,1-3H3. The van der Waals surface area contributed by atoms with E-state index < -0.39 is 0 Å². The van der Waals surface area contributed by atoms with Crippen LogP contribution in [0, 0.1) is 12.3 Å². The van der Waals surface area contributed by atoms with Crippen LogP contribution in [0.15, 0.2) is 0 Å². The van der Waals surface area contributed by atoms with Gasteiger partial charge in [0, 0.05) is 0 Å². The Morgan fingerprint density at radius 1 is 1.50 bits per heavy atom. The maximum atomic E-state index is 8.97. The highest BCUT2D eigenvalue weighted by Gasteiger charge is 2.02. The normalized spacial score (nSPS) is 14.6. The Bertz CT molecular complexity index is 50.3. The monoisotopic (exact) mass is 115 g/mol. The summed E-state index contributed by atoms with van der Waals surface area (Å²) in [7, 11) is 0. The quantitative estimate of drug-likeness (QED) is 0.592. The van der Waals surface area contributed by atoms with Crippen LogP contribution >= 0.6 is 0 Å². The van der Waals surface area contributed by atoms with Crippen molar-refractivity contribution in [3.8, 4) is 0 Å². The van der Waals surface area contributed by atoms with E-state index in [1.807, 2.05) is 13.3 Å². The molecule has 0 aliphatic heterocycles. The number of hydrogen-bond donors (Lipinski definition) is 1. The fraction of sp³-hybridized carbons (Fsp3) is 0.857. The van der Waals surface area contributed by atoms with E-state index in [-0.39, 0.29) is 6.10 Å². The first-order chi connectivity index (χ1) is 3.66. The van der Waals surface area contributed by atoms with Gasteiger partial charge in [-0.05, 0) is 18.8 Å². The van der Waals surface area contributed by atoms with Gasteiger partial charge in [0.05, 0.1) is 6.10 Å². The molecular weight excluding hydrogens is 100 g/mol. The minimum atomic E-state index is -0.199. The fourth-order valence-corrected chi connectivity index (χ4v) is 0.619. The molecule has 0 heterocycles. The topological polar surface area (TPSA) is 20.2 Å². The third-order valence-electron chi connectivity index (χ3n) is 1.10. The van der Waals surface area contributed by atoms with Gasteiger partial charge in [-0.1, -0.05) is 20.8 Å². The second kappa shape index (κ2) is 3.90. The molecule has 1 nitrogen and oxygen atoms in total. The van der Waals surface area contributed by atoms with Crippen LogP contribution in [0.1, 0.15) is 27.2 Å². The molecule has 0 fully saturated rings. The zero-order valence-electron chi connectivity index (χ0n) is 5.89. The molecule has 0 aromatic carbocycles. The average Bonchev–Trinajstić information content (AvgIpc) is 1.65. The van der Waals surface area contributed by atoms with Crippen molar-refractivity contribution in [2.75, 3.05) is 0 Å². The number of rotatable bonds is 3. The lowest BCUT2D eigenvalue weighted by Crippen LogP contribution is -2.08. The Morgan fingerprint density at radius 3 is 2.12 bits per heavy atom. The molecule has 8 heavy (non-hydrogen) atoms. The van der Waals surface area contributed by atoms with Gasteiger partial charge in [0.2, 0.25) is 0 Å². The lowest BCUT2D eigenvalue weighted by molar-refractivity contribution is 0.180. The number of hydrogen-bond acceptors (Lipinski definition) is 1. The zero-order chi connectivity index (χ0) is 6.57. The van der Waals surface area contributed by atoms with Crippen LogP contribution in [0.2, 0.25) is 0 Å². The van der Waals surface area contributed by atoms with Crippen LogP contribution in [0.4, 0.5) is 0 Å². The summed E-state index contributed by atoms with van der Waals surface area (Å²) in [5.74, 6) is 0.598. The highest BCUT2D eigenvalue weighted by atomic mass is 16.3. The minimum absolute atomic E-state index is 0.199. The molecule has 0 bridgehead atoms. The number of aliphatic hydroxyl groups excluding tert-OH is 1. The molecule has 0 rings (SSSR count). The van der Waals surface area contributed by atoms with Crippen molar-refractivity contribution in [2.45, 2.75) is 33.3 Å². The Hall–Kier alpha value is -0.0400. The van der Waals surface area contributed by atoms with Crippen molar-refractivity contribution < 1.29 is 5.11 Å². The molecule has 0 saturated heterocycles. The lowest BCUT2D eigenvalue weighted by atomic mass is 10.0. The fourth-order valence-electron chi connectivity index (χ4n) is 0.619. The van der Waals surface area contributed by atoms with E-state index in [1.165, 1.54) is 0 Å². The average molecular weight is 115 g/mol. The third kappa shape index (κ3) is 4.13. The number of aliphatic hydroxyl groups is 1. The van der Waals surface area contributed by atoms with Crippen molar-refractivity contribution in [2.24, 2.45) is 5.92 Å². The van der Waals surface area contributed by atoms with Gasteiger partial charge in [0.1, 0.15) is 0 Å². The molecule has 1 unspecified atom stereocenters. The molecule has 0 aromatic heterocycles. The molecule has 0 aliphatic carbocycles. The second-order valence-electron chi connectivity index (χ2n) is 2.53. The summed E-state index contributed by atoms with van der Waals surface area (Å²) in [4.78, 5) is 0. The minimum Gasteiger partial charge on any atom is -0.393 e. The van der Waals surface area contributed by atoms with E-state index in [9.17, 15) is 0 Å². The van der Waals surface area contributed by atoms with Crippen LogP contribution in [-0.2, 0) is 0 Å². The summed E-state index contributed by atoms with van der Waals surface area (Å²) in [6.07, 6.45) is 2.51. The predicted octanol–water partition coefficient (Wildman–Crippen LogP) is 1.62. The Labute approximate surface area is 51.7 Å². The summed E-state index contributed by atoms with van der Waals surface area (Å²) in [6.45, 7) is 6.09. The van der Waals surface area contributed by atoms with Crippen molar-refractivity contribution in [1.29, 1.82) is 0 Å². The van der Waals surface area contributed by atoms with Gasteiger partial charge in [0.25, 0.3) is 0 Å². The molecule has 1 heteroatoms. The second-order valence-corrected chi connectivity index (χ2v) is 2.53. The molecule has 0 aromatic rings. The Morgan fingerprint density at radius 2 is 2.00 bits per heavy atom. The molecule has 0 amide bonds. The summed E-state index contributed by atoms with van der Waals surface area (Å²) >= 11 is 0. The van der Waals surface area contributed by atoms with Crippen LogP contribution in [0.3, 0.4) is 0 Å². The summed E-state index contributed by atoms with van der Waals surface area (Å²) in [5.41, 5.74) is 0. The summed E-state index contributed by atoms with van der Waals surface area (Å²) in [6, 6.07) is 0. The highest BCUT2D eigenvalue weighted by Crippen LogP contribution is 2.05. The summed E-state index contributed by atoms with van der Waals surface area (Å²) < 4.78 is 0. The van der Waals surface area contributed by atoms with Crippen LogP contribution in [-0.4, -0.2) is 11.2 Å².